The lowest BCUT2D eigenvalue weighted by atomic mass is 9.81. The maximum absolute atomic E-state index is 10.3. The SMILES string of the molecule is CC[C@@H]1CN(c2nccnc2C)CC[C@]1(C)O. The van der Waals surface area contributed by atoms with Crippen LogP contribution in [0.3, 0.4) is 0 Å². The van der Waals surface area contributed by atoms with E-state index < -0.39 is 5.60 Å². The first kappa shape index (κ1) is 12.3. The van der Waals surface area contributed by atoms with E-state index in [1.165, 1.54) is 0 Å². The van der Waals surface area contributed by atoms with Crippen LogP contribution in [-0.4, -0.2) is 33.8 Å². The summed E-state index contributed by atoms with van der Waals surface area (Å²) in [6.07, 6.45) is 5.23. The highest BCUT2D eigenvalue weighted by Gasteiger charge is 2.37. The van der Waals surface area contributed by atoms with Crippen molar-refractivity contribution in [2.45, 2.75) is 39.2 Å². The number of aryl methyl sites for hydroxylation is 1. The highest BCUT2D eigenvalue weighted by Crippen LogP contribution is 2.32. The quantitative estimate of drug-likeness (QED) is 0.848. The van der Waals surface area contributed by atoms with Crippen molar-refractivity contribution in [2.24, 2.45) is 5.92 Å². The van der Waals surface area contributed by atoms with Gasteiger partial charge in [0.1, 0.15) is 5.82 Å². The van der Waals surface area contributed by atoms with Crippen molar-refractivity contribution in [3.8, 4) is 0 Å². The van der Waals surface area contributed by atoms with Gasteiger partial charge in [-0.1, -0.05) is 6.92 Å². The Morgan fingerprint density at radius 1 is 1.47 bits per heavy atom. The number of anilines is 1. The largest absolute Gasteiger partial charge is 0.390 e. The average Bonchev–Trinajstić information content (AvgIpc) is 2.30. The number of nitrogens with zero attached hydrogens (tertiary/aromatic N) is 3. The van der Waals surface area contributed by atoms with E-state index in [1.54, 1.807) is 12.4 Å². The molecule has 0 amide bonds. The predicted octanol–water partition coefficient (Wildman–Crippen LogP) is 1.77. The first-order valence-corrected chi connectivity index (χ1v) is 6.29. The molecule has 1 fully saturated rings. The Kier molecular flexibility index (Phi) is 3.33. The molecule has 1 N–H and O–H groups in total. The van der Waals surface area contributed by atoms with E-state index in [0.717, 1.165) is 37.4 Å². The van der Waals surface area contributed by atoms with Gasteiger partial charge in [-0.3, -0.25) is 4.98 Å². The molecule has 1 saturated heterocycles. The van der Waals surface area contributed by atoms with E-state index in [2.05, 4.69) is 21.8 Å². The lowest BCUT2D eigenvalue weighted by Gasteiger charge is -2.43. The minimum Gasteiger partial charge on any atom is -0.390 e. The maximum atomic E-state index is 10.3. The minimum absolute atomic E-state index is 0.303. The average molecular weight is 235 g/mol. The van der Waals surface area contributed by atoms with Gasteiger partial charge in [0.05, 0.1) is 11.3 Å². The van der Waals surface area contributed by atoms with Gasteiger partial charge in [-0.15, -0.1) is 0 Å². The first-order valence-electron chi connectivity index (χ1n) is 6.29. The lowest BCUT2D eigenvalue weighted by molar-refractivity contribution is -0.0184. The van der Waals surface area contributed by atoms with Gasteiger partial charge in [0.2, 0.25) is 0 Å². The van der Waals surface area contributed by atoms with Gasteiger partial charge in [0.15, 0.2) is 0 Å². The van der Waals surface area contributed by atoms with Gasteiger partial charge < -0.3 is 10.0 Å². The third-order valence-electron chi connectivity index (χ3n) is 3.86. The van der Waals surface area contributed by atoms with Crippen LogP contribution in [0, 0.1) is 12.8 Å². The summed E-state index contributed by atoms with van der Waals surface area (Å²) in [5, 5.41) is 10.3. The molecule has 1 aromatic rings. The van der Waals surface area contributed by atoms with Gasteiger partial charge in [-0.2, -0.15) is 0 Å². The van der Waals surface area contributed by atoms with Gasteiger partial charge in [0, 0.05) is 31.4 Å². The Labute approximate surface area is 103 Å². The van der Waals surface area contributed by atoms with Crippen molar-refractivity contribution in [1.82, 2.24) is 9.97 Å². The molecule has 1 aromatic heterocycles. The zero-order valence-electron chi connectivity index (χ0n) is 10.8. The molecule has 17 heavy (non-hydrogen) atoms. The third-order valence-corrected chi connectivity index (χ3v) is 3.86. The van der Waals surface area contributed by atoms with E-state index in [9.17, 15) is 5.11 Å². The molecule has 2 rings (SSSR count). The fraction of sp³-hybridized carbons (Fsp3) is 0.692. The van der Waals surface area contributed by atoms with Crippen LogP contribution in [0.5, 0.6) is 0 Å². The summed E-state index contributed by atoms with van der Waals surface area (Å²) >= 11 is 0. The van der Waals surface area contributed by atoms with Crippen molar-refractivity contribution in [3.05, 3.63) is 18.1 Å². The molecule has 0 saturated carbocycles. The van der Waals surface area contributed by atoms with Crippen LogP contribution in [0.2, 0.25) is 0 Å². The molecule has 4 nitrogen and oxygen atoms in total. The Bertz CT molecular complexity index is 392. The number of rotatable bonds is 2. The molecule has 0 bridgehead atoms. The van der Waals surface area contributed by atoms with Crippen LogP contribution < -0.4 is 4.90 Å². The summed E-state index contributed by atoms with van der Waals surface area (Å²) in [6.45, 7) is 7.77. The van der Waals surface area contributed by atoms with Crippen LogP contribution in [-0.2, 0) is 0 Å². The summed E-state index contributed by atoms with van der Waals surface area (Å²) in [6, 6.07) is 0. The predicted molar refractivity (Wildman–Crippen MR) is 68.0 cm³/mol. The smallest absolute Gasteiger partial charge is 0.150 e. The summed E-state index contributed by atoms with van der Waals surface area (Å²) in [7, 11) is 0. The molecule has 0 aliphatic carbocycles. The fourth-order valence-electron chi connectivity index (χ4n) is 2.59. The van der Waals surface area contributed by atoms with Crippen LogP contribution >= 0.6 is 0 Å². The Balaban J connectivity index is 2.18. The second-order valence-corrected chi connectivity index (χ2v) is 5.12. The van der Waals surface area contributed by atoms with Crippen LogP contribution in [0.1, 0.15) is 32.4 Å². The molecule has 0 unspecified atom stereocenters. The second-order valence-electron chi connectivity index (χ2n) is 5.12. The third kappa shape index (κ3) is 2.41. The molecule has 2 heterocycles. The molecule has 94 valence electrons. The standard InChI is InChI=1S/C13H21N3O/c1-4-11-9-16(8-5-13(11,3)17)12-10(2)14-6-7-15-12/h6-7,11,17H,4-5,8-9H2,1-3H3/t11-,13+/m1/s1. The molecular formula is C13H21N3O. The van der Waals surface area contributed by atoms with Crippen molar-refractivity contribution >= 4 is 5.82 Å². The Morgan fingerprint density at radius 3 is 2.82 bits per heavy atom. The number of piperidine rings is 1. The molecule has 4 heteroatoms. The zero-order valence-corrected chi connectivity index (χ0v) is 10.8. The number of hydrogen-bond donors (Lipinski definition) is 1. The highest BCUT2D eigenvalue weighted by molar-refractivity contribution is 5.43. The maximum Gasteiger partial charge on any atom is 0.150 e. The zero-order chi connectivity index (χ0) is 12.5. The van der Waals surface area contributed by atoms with Crippen molar-refractivity contribution in [3.63, 3.8) is 0 Å². The van der Waals surface area contributed by atoms with Gasteiger partial charge in [-0.05, 0) is 26.7 Å². The first-order chi connectivity index (χ1) is 8.04. The molecule has 0 aromatic carbocycles. The summed E-state index contributed by atoms with van der Waals surface area (Å²) < 4.78 is 0. The van der Waals surface area contributed by atoms with Crippen molar-refractivity contribution in [1.29, 1.82) is 0 Å². The van der Waals surface area contributed by atoms with E-state index >= 15 is 0 Å². The van der Waals surface area contributed by atoms with E-state index in [1.807, 2.05) is 13.8 Å². The van der Waals surface area contributed by atoms with E-state index in [-0.39, 0.29) is 0 Å². The van der Waals surface area contributed by atoms with Crippen LogP contribution in [0.15, 0.2) is 12.4 Å². The summed E-state index contributed by atoms with van der Waals surface area (Å²) in [4.78, 5) is 10.9. The molecular weight excluding hydrogens is 214 g/mol. The monoisotopic (exact) mass is 235 g/mol. The second kappa shape index (κ2) is 4.61. The molecule has 1 aliphatic rings. The summed E-state index contributed by atoms with van der Waals surface area (Å²) in [5.41, 5.74) is 0.422. The topological polar surface area (TPSA) is 49.2 Å². The lowest BCUT2D eigenvalue weighted by Crippen LogP contribution is -2.50. The molecule has 0 radical (unpaired) electrons. The number of hydrogen-bond acceptors (Lipinski definition) is 4. The van der Waals surface area contributed by atoms with Gasteiger partial charge in [0.25, 0.3) is 0 Å². The summed E-state index contributed by atoms with van der Waals surface area (Å²) in [5.74, 6) is 1.26. The molecule has 2 atom stereocenters. The highest BCUT2D eigenvalue weighted by atomic mass is 16.3. The van der Waals surface area contributed by atoms with Crippen LogP contribution in [0.4, 0.5) is 5.82 Å². The number of aliphatic hydroxyl groups is 1. The van der Waals surface area contributed by atoms with Crippen molar-refractivity contribution < 1.29 is 5.11 Å². The number of aromatic nitrogens is 2. The Morgan fingerprint density at radius 2 is 2.18 bits per heavy atom. The molecule has 1 aliphatic heterocycles. The molecule has 0 spiro atoms. The van der Waals surface area contributed by atoms with Crippen LogP contribution in [0.25, 0.3) is 0 Å². The fourth-order valence-corrected chi connectivity index (χ4v) is 2.59. The van der Waals surface area contributed by atoms with Gasteiger partial charge >= 0.3 is 0 Å². The minimum atomic E-state index is -0.540. The van der Waals surface area contributed by atoms with Gasteiger partial charge in [-0.25, -0.2) is 4.98 Å². The Hall–Kier alpha value is -1.16. The van der Waals surface area contributed by atoms with E-state index in [4.69, 9.17) is 0 Å². The van der Waals surface area contributed by atoms with E-state index in [0.29, 0.717) is 5.92 Å². The van der Waals surface area contributed by atoms with Crippen molar-refractivity contribution in [2.75, 3.05) is 18.0 Å². The normalized spacial score (nSPS) is 29.4.